The van der Waals surface area contributed by atoms with Crippen molar-refractivity contribution in [2.24, 2.45) is 5.92 Å². The van der Waals surface area contributed by atoms with Gasteiger partial charge in [0.15, 0.2) is 0 Å². The molecule has 0 N–H and O–H groups in total. The molecule has 0 aliphatic carbocycles. The molecule has 2 aliphatic heterocycles. The number of hydrogen-bond acceptors (Lipinski definition) is 3. The number of carbonyl (C=O) groups excluding carboxylic acids is 3. The summed E-state index contributed by atoms with van der Waals surface area (Å²) in [6.07, 6.45) is 3.54. The number of hydrogen-bond donors (Lipinski definition) is 0. The Hall–Kier alpha value is -1.85. The molecule has 2 aliphatic rings. The lowest BCUT2D eigenvalue weighted by Crippen LogP contribution is -2.65. The highest BCUT2D eigenvalue weighted by Crippen LogP contribution is 2.28. The Balaban J connectivity index is 2.01. The minimum Gasteiger partial charge on any atom is -0.339 e. The van der Waals surface area contributed by atoms with E-state index in [1.165, 1.54) is 6.08 Å². The number of piperidine rings is 1. The molecule has 3 amide bonds. The number of nitrogens with zero attached hydrogens (tertiary/aromatic N) is 3. The van der Waals surface area contributed by atoms with E-state index in [1.807, 2.05) is 18.7 Å². The van der Waals surface area contributed by atoms with E-state index in [9.17, 15) is 14.4 Å². The SMILES string of the molecule is C=CC(=O)N1CCC(C(=O)N2CCN(CCC)C(=O)C2(C)C)CC1. The van der Waals surface area contributed by atoms with Gasteiger partial charge < -0.3 is 14.7 Å². The molecule has 0 bridgehead atoms. The second-order valence-corrected chi connectivity index (χ2v) is 7.14. The first kappa shape index (κ1) is 18.5. The van der Waals surface area contributed by atoms with Crippen LogP contribution in [0.4, 0.5) is 0 Å². The summed E-state index contributed by atoms with van der Waals surface area (Å²) in [4.78, 5) is 42.6. The van der Waals surface area contributed by atoms with E-state index in [2.05, 4.69) is 13.5 Å². The molecule has 0 aromatic rings. The molecule has 2 saturated heterocycles. The third kappa shape index (κ3) is 3.47. The van der Waals surface area contributed by atoms with Gasteiger partial charge in [0, 0.05) is 38.6 Å². The Morgan fingerprint density at radius 2 is 1.83 bits per heavy atom. The fourth-order valence-corrected chi connectivity index (χ4v) is 3.67. The summed E-state index contributed by atoms with van der Waals surface area (Å²) in [5.74, 6) is -0.105. The van der Waals surface area contributed by atoms with E-state index >= 15 is 0 Å². The maximum atomic E-state index is 13.0. The highest BCUT2D eigenvalue weighted by Gasteiger charge is 2.45. The molecule has 0 radical (unpaired) electrons. The lowest BCUT2D eigenvalue weighted by molar-refractivity contribution is -0.161. The Morgan fingerprint density at radius 1 is 1.21 bits per heavy atom. The van der Waals surface area contributed by atoms with Gasteiger partial charge in [-0.15, -0.1) is 0 Å². The minimum atomic E-state index is -0.793. The zero-order valence-electron chi connectivity index (χ0n) is 15.1. The third-order valence-electron chi connectivity index (χ3n) is 5.17. The lowest BCUT2D eigenvalue weighted by Gasteiger charge is -2.47. The molecule has 6 heteroatoms. The minimum absolute atomic E-state index is 0.0308. The summed E-state index contributed by atoms with van der Waals surface area (Å²) in [5, 5.41) is 0. The Morgan fingerprint density at radius 3 is 2.38 bits per heavy atom. The van der Waals surface area contributed by atoms with Crippen molar-refractivity contribution >= 4 is 17.7 Å². The fourth-order valence-electron chi connectivity index (χ4n) is 3.67. The average Bonchev–Trinajstić information content (AvgIpc) is 2.58. The number of likely N-dealkylation sites (tertiary alicyclic amines) is 1. The van der Waals surface area contributed by atoms with Crippen molar-refractivity contribution in [2.75, 3.05) is 32.7 Å². The van der Waals surface area contributed by atoms with Gasteiger partial charge in [0.1, 0.15) is 5.54 Å². The van der Waals surface area contributed by atoms with Gasteiger partial charge in [-0.05, 0) is 39.2 Å². The molecule has 0 atom stereocenters. The van der Waals surface area contributed by atoms with E-state index in [-0.39, 0.29) is 23.6 Å². The lowest BCUT2D eigenvalue weighted by atomic mass is 9.90. The largest absolute Gasteiger partial charge is 0.339 e. The van der Waals surface area contributed by atoms with Crippen LogP contribution in [-0.4, -0.2) is 70.7 Å². The topological polar surface area (TPSA) is 60.9 Å². The van der Waals surface area contributed by atoms with Gasteiger partial charge in [-0.25, -0.2) is 0 Å². The van der Waals surface area contributed by atoms with Crippen LogP contribution in [0.5, 0.6) is 0 Å². The van der Waals surface area contributed by atoms with E-state index < -0.39 is 5.54 Å². The number of rotatable bonds is 4. The molecular weight excluding hydrogens is 306 g/mol. The van der Waals surface area contributed by atoms with Crippen LogP contribution in [0.1, 0.15) is 40.0 Å². The summed E-state index contributed by atoms with van der Waals surface area (Å²) >= 11 is 0. The van der Waals surface area contributed by atoms with Crippen molar-refractivity contribution in [1.29, 1.82) is 0 Å². The molecule has 0 unspecified atom stereocenters. The molecular formula is C18H29N3O3. The van der Waals surface area contributed by atoms with Crippen LogP contribution >= 0.6 is 0 Å². The summed E-state index contributed by atoms with van der Waals surface area (Å²) in [6.45, 7) is 12.3. The standard InChI is InChI=1S/C18H29N3O3/c1-5-9-20-12-13-21(18(3,4)17(20)24)16(23)14-7-10-19(11-8-14)15(22)6-2/h6,14H,2,5,7-13H2,1,3-4H3. The number of carbonyl (C=O) groups is 3. The molecule has 0 spiro atoms. The van der Waals surface area contributed by atoms with Gasteiger partial charge in [-0.3, -0.25) is 14.4 Å². The van der Waals surface area contributed by atoms with Crippen molar-refractivity contribution in [2.45, 2.75) is 45.6 Å². The van der Waals surface area contributed by atoms with Crippen LogP contribution in [0, 0.1) is 5.92 Å². The van der Waals surface area contributed by atoms with Crippen molar-refractivity contribution in [1.82, 2.24) is 14.7 Å². The van der Waals surface area contributed by atoms with E-state index in [0.717, 1.165) is 13.0 Å². The van der Waals surface area contributed by atoms with E-state index in [1.54, 1.807) is 9.80 Å². The van der Waals surface area contributed by atoms with Crippen LogP contribution in [0.25, 0.3) is 0 Å². The molecule has 0 aromatic heterocycles. The second-order valence-electron chi connectivity index (χ2n) is 7.14. The van der Waals surface area contributed by atoms with Gasteiger partial charge >= 0.3 is 0 Å². The summed E-state index contributed by atoms with van der Waals surface area (Å²) < 4.78 is 0. The maximum absolute atomic E-state index is 13.0. The quantitative estimate of drug-likeness (QED) is 0.727. The molecule has 6 nitrogen and oxygen atoms in total. The van der Waals surface area contributed by atoms with Crippen LogP contribution in [0.2, 0.25) is 0 Å². The normalized spacial score (nSPS) is 21.8. The predicted molar refractivity (Wildman–Crippen MR) is 92.2 cm³/mol. The van der Waals surface area contributed by atoms with E-state index in [4.69, 9.17) is 0 Å². The zero-order valence-corrected chi connectivity index (χ0v) is 15.1. The summed E-state index contributed by atoms with van der Waals surface area (Å²) in [7, 11) is 0. The highest BCUT2D eigenvalue weighted by atomic mass is 16.2. The molecule has 134 valence electrons. The first-order valence-corrected chi connectivity index (χ1v) is 8.85. The molecule has 2 fully saturated rings. The van der Waals surface area contributed by atoms with Crippen molar-refractivity contribution in [3.05, 3.63) is 12.7 Å². The summed E-state index contributed by atoms with van der Waals surface area (Å²) in [5.41, 5.74) is -0.793. The number of piperazine rings is 1. The Kier molecular flexibility index (Phi) is 5.67. The average molecular weight is 335 g/mol. The Labute approximate surface area is 144 Å². The summed E-state index contributed by atoms with van der Waals surface area (Å²) in [6, 6.07) is 0. The van der Waals surface area contributed by atoms with Gasteiger partial charge in [0.05, 0.1) is 0 Å². The Bertz CT molecular complexity index is 522. The first-order chi connectivity index (χ1) is 11.3. The molecule has 2 heterocycles. The molecule has 24 heavy (non-hydrogen) atoms. The van der Waals surface area contributed by atoms with Gasteiger partial charge in [0.25, 0.3) is 0 Å². The monoisotopic (exact) mass is 335 g/mol. The zero-order chi connectivity index (χ0) is 17.9. The van der Waals surface area contributed by atoms with Crippen molar-refractivity contribution in [3.8, 4) is 0 Å². The van der Waals surface area contributed by atoms with Crippen LogP contribution in [0.3, 0.4) is 0 Å². The number of amides is 3. The van der Waals surface area contributed by atoms with Crippen LogP contribution < -0.4 is 0 Å². The highest BCUT2D eigenvalue weighted by molar-refractivity contribution is 5.93. The van der Waals surface area contributed by atoms with Gasteiger partial charge in [0.2, 0.25) is 17.7 Å². The van der Waals surface area contributed by atoms with Gasteiger partial charge in [-0.1, -0.05) is 13.5 Å². The molecule has 0 saturated carbocycles. The maximum Gasteiger partial charge on any atom is 0.248 e. The fraction of sp³-hybridized carbons (Fsp3) is 0.722. The predicted octanol–water partition coefficient (Wildman–Crippen LogP) is 1.27. The van der Waals surface area contributed by atoms with Crippen molar-refractivity contribution < 1.29 is 14.4 Å². The smallest absolute Gasteiger partial charge is 0.248 e. The van der Waals surface area contributed by atoms with Crippen molar-refractivity contribution in [3.63, 3.8) is 0 Å². The first-order valence-electron chi connectivity index (χ1n) is 8.85. The molecule has 2 rings (SSSR count). The van der Waals surface area contributed by atoms with Crippen LogP contribution in [0.15, 0.2) is 12.7 Å². The second kappa shape index (κ2) is 7.36. The van der Waals surface area contributed by atoms with Gasteiger partial charge in [-0.2, -0.15) is 0 Å². The third-order valence-corrected chi connectivity index (χ3v) is 5.17. The van der Waals surface area contributed by atoms with Crippen LogP contribution in [-0.2, 0) is 14.4 Å². The van der Waals surface area contributed by atoms with E-state index in [0.29, 0.717) is 39.0 Å². The molecule has 0 aromatic carbocycles.